The number of ether oxygens (including phenoxy) is 1. The van der Waals surface area contributed by atoms with Crippen LogP contribution in [0.2, 0.25) is 0 Å². The van der Waals surface area contributed by atoms with Crippen molar-refractivity contribution >= 4 is 15.7 Å². The molecule has 2 rings (SSSR count). The first-order chi connectivity index (χ1) is 8.86. The predicted octanol–water partition coefficient (Wildman–Crippen LogP) is 1.75. The molecule has 19 heavy (non-hydrogen) atoms. The van der Waals surface area contributed by atoms with E-state index in [4.69, 9.17) is 10.5 Å². The van der Waals surface area contributed by atoms with Crippen molar-refractivity contribution < 1.29 is 13.2 Å². The highest BCUT2D eigenvalue weighted by molar-refractivity contribution is 7.89. The Balaban J connectivity index is 2.15. The lowest BCUT2D eigenvalue weighted by molar-refractivity contribution is 0.166. The molecule has 0 aliphatic heterocycles. The summed E-state index contributed by atoms with van der Waals surface area (Å²) in [7, 11) is -2.04. The van der Waals surface area contributed by atoms with Gasteiger partial charge in [0, 0.05) is 12.6 Å². The summed E-state index contributed by atoms with van der Waals surface area (Å²) >= 11 is 0. The zero-order valence-corrected chi connectivity index (χ0v) is 12.1. The molecule has 1 aliphatic rings. The van der Waals surface area contributed by atoms with E-state index in [0.29, 0.717) is 12.3 Å². The van der Waals surface area contributed by atoms with E-state index in [1.807, 2.05) is 0 Å². The molecule has 0 heterocycles. The molecule has 0 bridgehead atoms. The molecule has 0 saturated heterocycles. The second kappa shape index (κ2) is 5.02. The SMILES string of the molecule is COc1ccc(S(=O)(=O)NCC2(C)CCC2)c(N)c1. The maximum atomic E-state index is 12.2. The van der Waals surface area contributed by atoms with Crippen molar-refractivity contribution in [1.29, 1.82) is 0 Å². The molecule has 1 fully saturated rings. The standard InChI is InChI=1S/C13H20N2O3S/c1-13(6-3-7-13)9-15-19(16,17)12-5-4-10(18-2)8-11(12)14/h4-5,8,15H,3,6-7,9,14H2,1-2H3. The van der Waals surface area contributed by atoms with E-state index >= 15 is 0 Å². The molecule has 3 N–H and O–H groups in total. The van der Waals surface area contributed by atoms with Crippen LogP contribution in [0.4, 0.5) is 5.69 Å². The summed E-state index contributed by atoms with van der Waals surface area (Å²) in [4.78, 5) is 0.108. The number of hydrogen-bond acceptors (Lipinski definition) is 4. The Kier molecular flexibility index (Phi) is 3.73. The number of nitrogen functional groups attached to an aromatic ring is 1. The van der Waals surface area contributed by atoms with Gasteiger partial charge in [-0.3, -0.25) is 0 Å². The fourth-order valence-corrected chi connectivity index (χ4v) is 3.51. The Bertz CT molecular complexity index is 565. The summed E-state index contributed by atoms with van der Waals surface area (Å²) in [6.07, 6.45) is 3.30. The van der Waals surface area contributed by atoms with Gasteiger partial charge >= 0.3 is 0 Å². The van der Waals surface area contributed by atoms with Gasteiger partial charge < -0.3 is 10.5 Å². The molecule has 1 aromatic carbocycles. The smallest absolute Gasteiger partial charge is 0.242 e. The van der Waals surface area contributed by atoms with E-state index < -0.39 is 10.0 Å². The second-order valence-corrected chi connectivity index (χ2v) is 7.13. The minimum atomic E-state index is -3.56. The summed E-state index contributed by atoms with van der Waals surface area (Å²) in [6, 6.07) is 4.58. The second-order valence-electron chi connectivity index (χ2n) is 5.39. The van der Waals surface area contributed by atoms with Gasteiger partial charge in [0.15, 0.2) is 0 Å². The number of rotatable bonds is 5. The van der Waals surface area contributed by atoms with E-state index in [9.17, 15) is 8.42 Å². The van der Waals surface area contributed by atoms with Crippen LogP contribution in [0, 0.1) is 5.41 Å². The van der Waals surface area contributed by atoms with Crippen LogP contribution in [0.15, 0.2) is 23.1 Å². The monoisotopic (exact) mass is 284 g/mol. The van der Waals surface area contributed by atoms with Crippen molar-refractivity contribution in [1.82, 2.24) is 4.72 Å². The van der Waals surface area contributed by atoms with Gasteiger partial charge in [0.2, 0.25) is 10.0 Å². The zero-order valence-electron chi connectivity index (χ0n) is 11.3. The quantitative estimate of drug-likeness (QED) is 0.807. The third-order valence-corrected chi connectivity index (χ3v) is 5.23. The molecule has 6 heteroatoms. The highest BCUT2D eigenvalue weighted by Crippen LogP contribution is 2.39. The van der Waals surface area contributed by atoms with Crippen LogP contribution in [0.1, 0.15) is 26.2 Å². The van der Waals surface area contributed by atoms with Gasteiger partial charge in [-0.05, 0) is 30.4 Å². The summed E-state index contributed by atoms with van der Waals surface area (Å²) in [5.41, 5.74) is 6.06. The average molecular weight is 284 g/mol. The lowest BCUT2D eigenvalue weighted by atomic mass is 9.71. The molecule has 0 atom stereocenters. The highest BCUT2D eigenvalue weighted by Gasteiger charge is 2.33. The van der Waals surface area contributed by atoms with Gasteiger partial charge in [0.25, 0.3) is 0 Å². The van der Waals surface area contributed by atoms with Gasteiger partial charge in [-0.2, -0.15) is 0 Å². The van der Waals surface area contributed by atoms with E-state index in [1.165, 1.54) is 25.7 Å². The minimum absolute atomic E-state index is 0.0916. The third kappa shape index (κ3) is 3.01. The first-order valence-electron chi connectivity index (χ1n) is 6.29. The number of sulfonamides is 1. The largest absolute Gasteiger partial charge is 0.497 e. The summed E-state index contributed by atoms with van der Waals surface area (Å²) < 4.78 is 32.1. The van der Waals surface area contributed by atoms with Crippen molar-refractivity contribution in [2.24, 2.45) is 5.41 Å². The molecule has 106 valence electrons. The normalized spacial score (nSPS) is 17.8. The van der Waals surface area contributed by atoms with Crippen molar-refractivity contribution in [3.8, 4) is 5.75 Å². The van der Waals surface area contributed by atoms with Crippen LogP contribution in [0.5, 0.6) is 5.75 Å². The maximum Gasteiger partial charge on any atom is 0.242 e. The third-order valence-electron chi connectivity index (χ3n) is 3.76. The Hall–Kier alpha value is -1.27. The average Bonchev–Trinajstić information content (AvgIpc) is 2.33. The first kappa shape index (κ1) is 14.1. The van der Waals surface area contributed by atoms with E-state index in [1.54, 1.807) is 6.07 Å². The Morgan fingerprint density at radius 3 is 2.58 bits per heavy atom. The highest BCUT2D eigenvalue weighted by atomic mass is 32.2. The molecule has 5 nitrogen and oxygen atoms in total. The number of hydrogen-bond donors (Lipinski definition) is 2. The number of methoxy groups -OCH3 is 1. The van der Waals surface area contributed by atoms with E-state index in [2.05, 4.69) is 11.6 Å². The number of benzene rings is 1. The Morgan fingerprint density at radius 2 is 2.11 bits per heavy atom. The molecule has 0 aromatic heterocycles. The number of anilines is 1. The molecular weight excluding hydrogens is 264 g/mol. The Morgan fingerprint density at radius 1 is 1.42 bits per heavy atom. The van der Waals surface area contributed by atoms with Crippen LogP contribution in [0.3, 0.4) is 0 Å². The lowest BCUT2D eigenvalue weighted by Crippen LogP contribution is -2.40. The van der Waals surface area contributed by atoms with Crippen LogP contribution < -0.4 is 15.2 Å². The van der Waals surface area contributed by atoms with Crippen LogP contribution >= 0.6 is 0 Å². The molecule has 0 unspecified atom stereocenters. The van der Waals surface area contributed by atoms with Gasteiger partial charge in [-0.25, -0.2) is 13.1 Å². The zero-order chi connectivity index (χ0) is 14.1. The summed E-state index contributed by atoms with van der Waals surface area (Å²) in [5.74, 6) is 0.544. The van der Waals surface area contributed by atoms with Crippen molar-refractivity contribution in [3.63, 3.8) is 0 Å². The fraction of sp³-hybridized carbons (Fsp3) is 0.538. The van der Waals surface area contributed by atoms with Crippen LogP contribution in [0.25, 0.3) is 0 Å². The van der Waals surface area contributed by atoms with Crippen molar-refractivity contribution in [2.75, 3.05) is 19.4 Å². The van der Waals surface area contributed by atoms with Crippen molar-refractivity contribution in [3.05, 3.63) is 18.2 Å². The van der Waals surface area contributed by atoms with Crippen LogP contribution in [-0.4, -0.2) is 22.1 Å². The van der Waals surface area contributed by atoms with Gasteiger partial charge in [-0.1, -0.05) is 13.3 Å². The minimum Gasteiger partial charge on any atom is -0.497 e. The molecular formula is C13H20N2O3S. The topological polar surface area (TPSA) is 81.4 Å². The molecule has 1 aromatic rings. The maximum absolute atomic E-state index is 12.2. The van der Waals surface area contributed by atoms with Gasteiger partial charge in [0.05, 0.1) is 12.8 Å². The molecule has 0 radical (unpaired) electrons. The van der Waals surface area contributed by atoms with Gasteiger partial charge in [-0.15, -0.1) is 0 Å². The Labute approximate surface area is 114 Å². The predicted molar refractivity (Wildman–Crippen MR) is 74.6 cm³/mol. The lowest BCUT2D eigenvalue weighted by Gasteiger charge is -2.38. The fourth-order valence-electron chi connectivity index (χ4n) is 2.20. The van der Waals surface area contributed by atoms with E-state index in [0.717, 1.165) is 12.8 Å². The molecule has 0 spiro atoms. The molecule has 1 saturated carbocycles. The van der Waals surface area contributed by atoms with Gasteiger partial charge in [0.1, 0.15) is 10.6 Å². The number of nitrogens with two attached hydrogens (primary N) is 1. The molecule has 0 amide bonds. The summed E-state index contributed by atoms with van der Waals surface area (Å²) in [5, 5.41) is 0. The first-order valence-corrected chi connectivity index (χ1v) is 7.78. The number of nitrogens with one attached hydrogen (secondary N) is 1. The van der Waals surface area contributed by atoms with Crippen molar-refractivity contribution in [2.45, 2.75) is 31.1 Å². The molecule has 1 aliphatic carbocycles. The van der Waals surface area contributed by atoms with E-state index in [-0.39, 0.29) is 16.0 Å². The van der Waals surface area contributed by atoms with Crippen LogP contribution in [-0.2, 0) is 10.0 Å². The summed E-state index contributed by atoms with van der Waals surface area (Å²) in [6.45, 7) is 2.55.